The number of aryl methyl sites for hydroxylation is 1. The van der Waals surface area contributed by atoms with Crippen LogP contribution in [0.3, 0.4) is 0 Å². The lowest BCUT2D eigenvalue weighted by molar-refractivity contribution is 0.0850. The third kappa shape index (κ3) is 3.70. The second-order valence-electron chi connectivity index (χ2n) is 5.05. The Bertz CT molecular complexity index is 431. The van der Waals surface area contributed by atoms with Crippen molar-refractivity contribution >= 4 is 5.91 Å². The second kappa shape index (κ2) is 6.57. The lowest BCUT2D eigenvalue weighted by atomic mass is 9.83. The summed E-state index contributed by atoms with van der Waals surface area (Å²) in [5.74, 6) is -0.0157. The molecule has 0 aliphatic heterocycles. The van der Waals surface area contributed by atoms with Gasteiger partial charge in [-0.3, -0.25) is 4.79 Å². The molecule has 1 rings (SSSR count). The largest absolute Gasteiger partial charge is 0.508 e. The molecule has 0 heterocycles. The van der Waals surface area contributed by atoms with Gasteiger partial charge in [0.05, 0.1) is 6.61 Å². The minimum absolute atomic E-state index is 0.0643. The van der Waals surface area contributed by atoms with Crippen LogP contribution in [0.5, 0.6) is 5.75 Å². The number of rotatable bonds is 6. The van der Waals surface area contributed by atoms with Gasteiger partial charge in [0.25, 0.3) is 5.91 Å². The van der Waals surface area contributed by atoms with E-state index < -0.39 is 0 Å². The van der Waals surface area contributed by atoms with Gasteiger partial charge in [-0.1, -0.05) is 13.8 Å². The molecule has 1 amide bonds. The fourth-order valence-electron chi connectivity index (χ4n) is 2.05. The van der Waals surface area contributed by atoms with Crippen molar-refractivity contribution in [3.05, 3.63) is 29.3 Å². The number of aliphatic hydroxyl groups is 1. The van der Waals surface area contributed by atoms with Crippen LogP contribution in [0.2, 0.25) is 0 Å². The maximum Gasteiger partial charge on any atom is 0.251 e. The van der Waals surface area contributed by atoms with Gasteiger partial charge in [0, 0.05) is 17.5 Å². The van der Waals surface area contributed by atoms with E-state index in [1.807, 2.05) is 13.8 Å². The molecule has 0 spiro atoms. The number of amides is 1. The number of phenolic OH excluding ortho intramolecular Hbond substituents is 1. The van der Waals surface area contributed by atoms with Crippen molar-refractivity contribution < 1.29 is 15.0 Å². The van der Waals surface area contributed by atoms with Crippen molar-refractivity contribution in [3.8, 4) is 5.75 Å². The van der Waals surface area contributed by atoms with Crippen molar-refractivity contribution in [1.82, 2.24) is 5.32 Å². The van der Waals surface area contributed by atoms with E-state index in [4.69, 9.17) is 0 Å². The molecule has 0 aliphatic rings. The van der Waals surface area contributed by atoms with Crippen LogP contribution in [-0.4, -0.2) is 29.3 Å². The third-order valence-electron chi connectivity index (χ3n) is 3.91. The normalized spacial score (nSPS) is 11.4. The summed E-state index contributed by atoms with van der Waals surface area (Å²) in [4.78, 5) is 12.1. The van der Waals surface area contributed by atoms with Gasteiger partial charge in [0.15, 0.2) is 0 Å². The molecule has 19 heavy (non-hydrogen) atoms. The first kappa shape index (κ1) is 15.5. The standard InChI is InChI=1S/C15H23NO3/c1-4-15(5-2,10-17)9-16-14(19)13-7-6-12(18)8-11(13)3/h6-8,17-18H,4-5,9-10H2,1-3H3,(H,16,19). The molecule has 0 bridgehead atoms. The summed E-state index contributed by atoms with van der Waals surface area (Å²) in [6.07, 6.45) is 1.63. The minimum Gasteiger partial charge on any atom is -0.508 e. The number of nitrogens with one attached hydrogen (secondary N) is 1. The lowest BCUT2D eigenvalue weighted by Crippen LogP contribution is -2.39. The number of hydrogen-bond donors (Lipinski definition) is 3. The fraction of sp³-hybridized carbons (Fsp3) is 0.533. The molecule has 0 aliphatic carbocycles. The number of benzene rings is 1. The zero-order valence-electron chi connectivity index (χ0n) is 11.9. The molecule has 4 heteroatoms. The van der Waals surface area contributed by atoms with Crippen LogP contribution in [0.4, 0.5) is 0 Å². The smallest absolute Gasteiger partial charge is 0.251 e. The average Bonchev–Trinajstić information content (AvgIpc) is 2.40. The van der Waals surface area contributed by atoms with E-state index in [9.17, 15) is 15.0 Å². The highest BCUT2D eigenvalue weighted by Crippen LogP contribution is 2.24. The van der Waals surface area contributed by atoms with Gasteiger partial charge in [0.1, 0.15) is 5.75 Å². The zero-order chi connectivity index (χ0) is 14.5. The van der Waals surface area contributed by atoms with Crippen LogP contribution in [0.25, 0.3) is 0 Å². The number of hydrogen-bond acceptors (Lipinski definition) is 3. The van der Waals surface area contributed by atoms with Crippen LogP contribution in [0, 0.1) is 12.3 Å². The molecule has 0 atom stereocenters. The van der Waals surface area contributed by atoms with Crippen molar-refractivity contribution in [2.24, 2.45) is 5.41 Å². The molecule has 0 saturated heterocycles. The number of aliphatic hydroxyl groups excluding tert-OH is 1. The Labute approximate surface area is 114 Å². The summed E-state index contributed by atoms with van der Waals surface area (Å²) in [5, 5.41) is 21.7. The SMILES string of the molecule is CCC(CC)(CO)CNC(=O)c1ccc(O)cc1C. The summed E-state index contributed by atoms with van der Waals surface area (Å²) in [7, 11) is 0. The first-order chi connectivity index (χ1) is 8.98. The molecule has 1 aromatic rings. The average molecular weight is 265 g/mol. The van der Waals surface area contributed by atoms with E-state index >= 15 is 0 Å². The van der Waals surface area contributed by atoms with Crippen molar-refractivity contribution in [1.29, 1.82) is 0 Å². The van der Waals surface area contributed by atoms with E-state index in [1.165, 1.54) is 6.07 Å². The van der Waals surface area contributed by atoms with Gasteiger partial charge >= 0.3 is 0 Å². The number of aromatic hydroxyl groups is 1. The van der Waals surface area contributed by atoms with Gasteiger partial charge in [0.2, 0.25) is 0 Å². The molecule has 0 unspecified atom stereocenters. The molecule has 0 radical (unpaired) electrons. The first-order valence-electron chi connectivity index (χ1n) is 6.66. The van der Waals surface area contributed by atoms with Crippen LogP contribution < -0.4 is 5.32 Å². The Kier molecular flexibility index (Phi) is 5.36. The predicted octanol–water partition coefficient (Wildman–Crippen LogP) is 2.23. The predicted molar refractivity (Wildman–Crippen MR) is 75.3 cm³/mol. The van der Waals surface area contributed by atoms with Gasteiger partial charge in [-0.25, -0.2) is 0 Å². The van der Waals surface area contributed by atoms with Gasteiger partial charge in [-0.05, 0) is 43.5 Å². The summed E-state index contributed by atoms with van der Waals surface area (Å²) in [6.45, 7) is 6.33. The van der Waals surface area contributed by atoms with Crippen LogP contribution in [-0.2, 0) is 0 Å². The van der Waals surface area contributed by atoms with E-state index in [0.717, 1.165) is 18.4 Å². The maximum atomic E-state index is 12.1. The highest BCUT2D eigenvalue weighted by molar-refractivity contribution is 5.95. The Morgan fingerprint density at radius 2 is 1.95 bits per heavy atom. The highest BCUT2D eigenvalue weighted by atomic mass is 16.3. The fourth-order valence-corrected chi connectivity index (χ4v) is 2.05. The molecule has 4 nitrogen and oxygen atoms in total. The van der Waals surface area contributed by atoms with Crippen molar-refractivity contribution in [2.45, 2.75) is 33.6 Å². The Morgan fingerprint density at radius 1 is 1.32 bits per heavy atom. The van der Waals surface area contributed by atoms with Crippen LogP contribution >= 0.6 is 0 Å². The third-order valence-corrected chi connectivity index (χ3v) is 3.91. The van der Waals surface area contributed by atoms with Crippen LogP contribution in [0.1, 0.15) is 42.6 Å². The Hall–Kier alpha value is -1.55. The van der Waals surface area contributed by atoms with Crippen LogP contribution in [0.15, 0.2) is 18.2 Å². The van der Waals surface area contributed by atoms with Crippen molar-refractivity contribution in [3.63, 3.8) is 0 Å². The molecule has 1 aromatic carbocycles. The van der Waals surface area contributed by atoms with E-state index in [1.54, 1.807) is 19.1 Å². The number of carbonyl (C=O) groups is 1. The molecular formula is C15H23NO3. The Balaban J connectivity index is 2.75. The molecule has 0 aromatic heterocycles. The summed E-state index contributed by atoms with van der Waals surface area (Å²) >= 11 is 0. The lowest BCUT2D eigenvalue weighted by Gasteiger charge is -2.29. The zero-order valence-corrected chi connectivity index (χ0v) is 11.9. The van der Waals surface area contributed by atoms with E-state index in [-0.39, 0.29) is 23.7 Å². The van der Waals surface area contributed by atoms with Gasteiger partial charge in [-0.2, -0.15) is 0 Å². The van der Waals surface area contributed by atoms with E-state index in [2.05, 4.69) is 5.32 Å². The molecule has 0 saturated carbocycles. The quantitative estimate of drug-likeness (QED) is 0.738. The maximum absolute atomic E-state index is 12.1. The Morgan fingerprint density at radius 3 is 2.42 bits per heavy atom. The minimum atomic E-state index is -0.250. The summed E-state index contributed by atoms with van der Waals surface area (Å²) in [5.41, 5.74) is 1.04. The second-order valence-corrected chi connectivity index (χ2v) is 5.05. The molecule has 0 fully saturated rings. The molecule has 106 valence electrons. The summed E-state index contributed by atoms with van der Waals surface area (Å²) in [6, 6.07) is 4.67. The van der Waals surface area contributed by atoms with Gasteiger partial charge < -0.3 is 15.5 Å². The van der Waals surface area contributed by atoms with Gasteiger partial charge in [-0.15, -0.1) is 0 Å². The highest BCUT2D eigenvalue weighted by Gasteiger charge is 2.26. The van der Waals surface area contributed by atoms with Crippen molar-refractivity contribution in [2.75, 3.05) is 13.2 Å². The number of carbonyl (C=O) groups excluding carboxylic acids is 1. The molecular weight excluding hydrogens is 242 g/mol. The monoisotopic (exact) mass is 265 g/mol. The van der Waals surface area contributed by atoms with E-state index in [0.29, 0.717) is 12.1 Å². The number of phenols is 1. The first-order valence-corrected chi connectivity index (χ1v) is 6.66. The summed E-state index contributed by atoms with van der Waals surface area (Å²) < 4.78 is 0. The topological polar surface area (TPSA) is 69.6 Å². The molecule has 3 N–H and O–H groups in total.